The molecular formula is C14H21BrClFN2O2S. The average Bonchev–Trinajstić information content (AvgIpc) is 2.43. The summed E-state index contributed by atoms with van der Waals surface area (Å²) in [6.45, 7) is 3.57. The van der Waals surface area contributed by atoms with Crippen LogP contribution in [0.3, 0.4) is 0 Å². The van der Waals surface area contributed by atoms with E-state index in [-0.39, 0.29) is 21.8 Å². The van der Waals surface area contributed by atoms with Crippen molar-refractivity contribution in [3.05, 3.63) is 28.0 Å². The van der Waals surface area contributed by atoms with E-state index in [1.807, 2.05) is 7.05 Å². The average molecular weight is 416 g/mol. The lowest BCUT2D eigenvalue weighted by atomic mass is 9.98. The molecule has 126 valence electrons. The monoisotopic (exact) mass is 414 g/mol. The molecule has 1 saturated heterocycles. The van der Waals surface area contributed by atoms with E-state index >= 15 is 0 Å². The van der Waals surface area contributed by atoms with Crippen LogP contribution in [0.5, 0.6) is 0 Å². The molecule has 8 heteroatoms. The molecule has 1 aliphatic heterocycles. The molecule has 0 aromatic heterocycles. The number of nitrogens with zero attached hydrogens (tertiary/aromatic N) is 1. The highest BCUT2D eigenvalue weighted by atomic mass is 79.9. The Morgan fingerprint density at radius 3 is 2.50 bits per heavy atom. The fourth-order valence-electron chi connectivity index (χ4n) is 2.69. The Morgan fingerprint density at radius 1 is 1.36 bits per heavy atom. The van der Waals surface area contributed by atoms with E-state index in [9.17, 15) is 12.8 Å². The summed E-state index contributed by atoms with van der Waals surface area (Å²) in [6, 6.07) is 2.62. The van der Waals surface area contributed by atoms with Gasteiger partial charge in [-0.2, -0.15) is 4.31 Å². The number of nitrogens with one attached hydrogen (secondary N) is 1. The van der Waals surface area contributed by atoms with Crippen molar-refractivity contribution in [2.45, 2.75) is 24.7 Å². The summed E-state index contributed by atoms with van der Waals surface area (Å²) < 4.78 is 40.6. The first-order chi connectivity index (χ1) is 9.86. The summed E-state index contributed by atoms with van der Waals surface area (Å²) in [4.78, 5) is 0.183. The standard InChI is InChI=1S/C14H20BrFN2O2S.ClH/c1-10-7-13(16)12(15)8-14(10)21(19,20)18-5-3-11(4-6-18)9-17-2;/h7-8,11,17H,3-6,9H2,1-2H3;1H. The van der Waals surface area contributed by atoms with Gasteiger partial charge < -0.3 is 5.32 Å². The SMILES string of the molecule is CNCC1CCN(S(=O)(=O)c2cc(Br)c(F)cc2C)CC1.Cl. The quantitative estimate of drug-likeness (QED) is 0.822. The Balaban J connectivity index is 0.00000242. The van der Waals surface area contributed by atoms with Gasteiger partial charge in [-0.3, -0.25) is 0 Å². The third-order valence-electron chi connectivity index (χ3n) is 3.90. The maximum atomic E-state index is 13.5. The zero-order chi connectivity index (χ0) is 15.6. The number of piperidine rings is 1. The van der Waals surface area contributed by atoms with Crippen LogP contribution in [0.4, 0.5) is 4.39 Å². The van der Waals surface area contributed by atoms with Gasteiger partial charge in [-0.1, -0.05) is 0 Å². The molecule has 22 heavy (non-hydrogen) atoms. The molecular weight excluding hydrogens is 395 g/mol. The minimum Gasteiger partial charge on any atom is -0.319 e. The van der Waals surface area contributed by atoms with Crippen LogP contribution in [0.25, 0.3) is 0 Å². The fraction of sp³-hybridized carbons (Fsp3) is 0.571. The lowest BCUT2D eigenvalue weighted by Gasteiger charge is -2.31. The van der Waals surface area contributed by atoms with Crippen LogP contribution in [0.2, 0.25) is 0 Å². The first-order valence-electron chi connectivity index (χ1n) is 6.96. The molecule has 0 aliphatic carbocycles. The summed E-state index contributed by atoms with van der Waals surface area (Å²) in [7, 11) is -1.65. The minimum atomic E-state index is -3.55. The zero-order valence-electron chi connectivity index (χ0n) is 12.6. The first-order valence-corrected chi connectivity index (χ1v) is 9.20. The summed E-state index contributed by atoms with van der Waals surface area (Å²) in [5.74, 6) is 0.0710. The van der Waals surface area contributed by atoms with Crippen molar-refractivity contribution in [2.24, 2.45) is 5.92 Å². The van der Waals surface area contributed by atoms with Gasteiger partial charge in [0.1, 0.15) is 5.82 Å². The number of hydrogen-bond acceptors (Lipinski definition) is 3. The third-order valence-corrected chi connectivity index (χ3v) is 6.55. The van der Waals surface area contributed by atoms with E-state index in [1.54, 1.807) is 6.92 Å². The molecule has 2 rings (SSSR count). The Kier molecular flexibility index (Phi) is 7.26. The second kappa shape index (κ2) is 8.06. The molecule has 1 aliphatic rings. The van der Waals surface area contributed by atoms with Crippen molar-refractivity contribution in [3.63, 3.8) is 0 Å². The summed E-state index contributed by atoms with van der Waals surface area (Å²) in [6.07, 6.45) is 1.70. The van der Waals surface area contributed by atoms with Crippen molar-refractivity contribution in [1.29, 1.82) is 0 Å². The molecule has 0 unspecified atom stereocenters. The van der Waals surface area contributed by atoms with Gasteiger partial charge in [-0.15, -0.1) is 12.4 Å². The summed E-state index contributed by atoms with van der Waals surface area (Å²) >= 11 is 3.06. The Morgan fingerprint density at radius 2 is 1.95 bits per heavy atom. The van der Waals surface area contributed by atoms with E-state index in [0.717, 1.165) is 19.4 Å². The zero-order valence-corrected chi connectivity index (χ0v) is 15.8. The van der Waals surface area contributed by atoms with Crippen molar-refractivity contribution >= 4 is 38.4 Å². The van der Waals surface area contributed by atoms with Crippen LogP contribution in [-0.2, 0) is 10.0 Å². The predicted octanol–water partition coefficient (Wildman–Crippen LogP) is 2.94. The Hall–Kier alpha value is -0.210. The number of aryl methyl sites for hydroxylation is 1. The lowest BCUT2D eigenvalue weighted by Crippen LogP contribution is -2.40. The second-order valence-corrected chi connectivity index (χ2v) is 8.20. The van der Waals surface area contributed by atoms with E-state index in [0.29, 0.717) is 24.6 Å². The van der Waals surface area contributed by atoms with Gasteiger partial charge in [0.15, 0.2) is 0 Å². The lowest BCUT2D eigenvalue weighted by molar-refractivity contribution is 0.270. The molecule has 0 spiro atoms. The van der Waals surface area contributed by atoms with Crippen molar-refractivity contribution in [1.82, 2.24) is 9.62 Å². The van der Waals surface area contributed by atoms with Gasteiger partial charge in [0.25, 0.3) is 0 Å². The highest BCUT2D eigenvalue weighted by Crippen LogP contribution is 2.29. The number of rotatable bonds is 4. The molecule has 0 bridgehead atoms. The van der Waals surface area contributed by atoms with Crippen molar-refractivity contribution in [3.8, 4) is 0 Å². The highest BCUT2D eigenvalue weighted by Gasteiger charge is 2.30. The van der Waals surface area contributed by atoms with Gasteiger partial charge in [0.2, 0.25) is 10.0 Å². The minimum absolute atomic E-state index is 0. The molecule has 0 radical (unpaired) electrons. The van der Waals surface area contributed by atoms with Crippen LogP contribution in [0.15, 0.2) is 21.5 Å². The molecule has 1 N–H and O–H groups in total. The molecule has 4 nitrogen and oxygen atoms in total. The summed E-state index contributed by atoms with van der Waals surface area (Å²) in [5.41, 5.74) is 0.438. The molecule has 1 fully saturated rings. The van der Waals surface area contributed by atoms with Crippen LogP contribution < -0.4 is 5.32 Å². The predicted molar refractivity (Wildman–Crippen MR) is 91.5 cm³/mol. The smallest absolute Gasteiger partial charge is 0.243 e. The molecule has 1 heterocycles. The molecule has 1 aromatic carbocycles. The van der Waals surface area contributed by atoms with Gasteiger partial charge in [0.05, 0.1) is 9.37 Å². The largest absolute Gasteiger partial charge is 0.319 e. The van der Waals surface area contributed by atoms with E-state index in [4.69, 9.17) is 0 Å². The van der Waals surface area contributed by atoms with Crippen LogP contribution >= 0.6 is 28.3 Å². The van der Waals surface area contributed by atoms with E-state index in [1.165, 1.54) is 16.4 Å². The van der Waals surface area contributed by atoms with Crippen LogP contribution in [-0.4, -0.2) is 39.4 Å². The maximum absolute atomic E-state index is 13.5. The summed E-state index contributed by atoms with van der Waals surface area (Å²) in [5, 5.41) is 3.13. The maximum Gasteiger partial charge on any atom is 0.243 e. The first kappa shape index (κ1) is 19.8. The molecule has 0 saturated carbocycles. The van der Waals surface area contributed by atoms with E-state index in [2.05, 4.69) is 21.2 Å². The Bertz CT molecular complexity index is 620. The fourth-order valence-corrected chi connectivity index (χ4v) is 4.88. The number of sulfonamides is 1. The Labute approximate surface area is 146 Å². The van der Waals surface area contributed by atoms with Gasteiger partial charge in [0, 0.05) is 13.1 Å². The van der Waals surface area contributed by atoms with Gasteiger partial charge in [-0.25, -0.2) is 12.8 Å². The molecule has 0 amide bonds. The number of halogens is 3. The number of benzene rings is 1. The highest BCUT2D eigenvalue weighted by molar-refractivity contribution is 9.10. The van der Waals surface area contributed by atoms with Gasteiger partial charge >= 0.3 is 0 Å². The molecule has 1 aromatic rings. The van der Waals surface area contributed by atoms with Crippen molar-refractivity contribution in [2.75, 3.05) is 26.7 Å². The van der Waals surface area contributed by atoms with Crippen LogP contribution in [0.1, 0.15) is 18.4 Å². The van der Waals surface area contributed by atoms with E-state index < -0.39 is 15.8 Å². The topological polar surface area (TPSA) is 49.4 Å². The third kappa shape index (κ3) is 4.20. The molecule has 0 atom stereocenters. The number of hydrogen-bond donors (Lipinski definition) is 1. The van der Waals surface area contributed by atoms with Gasteiger partial charge in [-0.05, 0) is 72.9 Å². The van der Waals surface area contributed by atoms with Crippen molar-refractivity contribution < 1.29 is 12.8 Å². The second-order valence-electron chi connectivity index (χ2n) is 5.44. The van der Waals surface area contributed by atoms with Crippen LogP contribution in [0, 0.1) is 18.7 Å². The normalized spacial score (nSPS) is 17.3.